The zero-order valence-corrected chi connectivity index (χ0v) is 11.1. The molecule has 0 amide bonds. The van der Waals surface area contributed by atoms with Gasteiger partial charge in [-0.1, -0.05) is 23.5 Å². The van der Waals surface area contributed by atoms with Gasteiger partial charge in [-0.25, -0.2) is 14.5 Å². The number of thiazole rings is 1. The molecule has 0 aliphatic carbocycles. The van der Waals surface area contributed by atoms with Gasteiger partial charge in [0.15, 0.2) is 0 Å². The fourth-order valence-corrected chi connectivity index (χ4v) is 3.53. The molecule has 0 bridgehead atoms. The molecule has 0 atom stereocenters. The van der Waals surface area contributed by atoms with E-state index in [-0.39, 0.29) is 0 Å². The van der Waals surface area contributed by atoms with E-state index in [0.29, 0.717) is 0 Å². The normalized spacial score (nSPS) is 11.6. The van der Waals surface area contributed by atoms with Crippen molar-refractivity contribution < 1.29 is 0 Å². The fourth-order valence-electron chi connectivity index (χ4n) is 1.88. The number of rotatable bonds is 1. The predicted octanol–water partition coefficient (Wildman–Crippen LogP) is 3.38. The van der Waals surface area contributed by atoms with Crippen LogP contribution in [-0.4, -0.2) is 19.6 Å². The van der Waals surface area contributed by atoms with Gasteiger partial charge in [-0.3, -0.25) is 0 Å². The van der Waals surface area contributed by atoms with Crippen LogP contribution in [0.2, 0.25) is 0 Å². The van der Waals surface area contributed by atoms with Crippen LogP contribution in [0.25, 0.3) is 25.9 Å². The molecule has 0 spiro atoms. The summed E-state index contributed by atoms with van der Waals surface area (Å²) in [5.41, 5.74) is 1.92. The third-order valence-electron chi connectivity index (χ3n) is 2.66. The van der Waals surface area contributed by atoms with Gasteiger partial charge in [0, 0.05) is 0 Å². The number of aryl methyl sites for hydroxylation is 1. The van der Waals surface area contributed by atoms with Gasteiger partial charge in [-0.2, -0.15) is 5.10 Å². The van der Waals surface area contributed by atoms with Gasteiger partial charge < -0.3 is 0 Å². The Morgan fingerprint density at radius 1 is 1.11 bits per heavy atom. The lowest BCUT2D eigenvalue weighted by atomic mass is 10.3. The lowest BCUT2D eigenvalue weighted by Gasteiger charge is -1.84. The molecule has 6 heteroatoms. The molecule has 0 aliphatic heterocycles. The Morgan fingerprint density at radius 2 is 2.00 bits per heavy atom. The second-order valence-electron chi connectivity index (χ2n) is 3.96. The van der Waals surface area contributed by atoms with Crippen molar-refractivity contribution >= 4 is 37.9 Å². The number of nitrogens with zero attached hydrogens (tertiary/aromatic N) is 4. The first-order valence-electron chi connectivity index (χ1n) is 5.48. The van der Waals surface area contributed by atoms with Gasteiger partial charge in [-0.05, 0) is 19.1 Å². The van der Waals surface area contributed by atoms with Gasteiger partial charge in [0.1, 0.15) is 15.7 Å². The SMILES string of the molecule is Cc1nn2cc(-c3nc4ccccc4s3)nc2s1. The Kier molecular flexibility index (Phi) is 2.03. The molecule has 1 aromatic carbocycles. The average molecular weight is 272 g/mol. The van der Waals surface area contributed by atoms with E-state index < -0.39 is 0 Å². The number of fused-ring (bicyclic) bond motifs is 2. The van der Waals surface area contributed by atoms with Gasteiger partial charge in [0.05, 0.1) is 16.4 Å². The minimum absolute atomic E-state index is 0.898. The predicted molar refractivity (Wildman–Crippen MR) is 74.2 cm³/mol. The smallest absolute Gasteiger partial charge is 0.212 e. The number of aromatic nitrogens is 4. The van der Waals surface area contributed by atoms with E-state index in [9.17, 15) is 0 Å². The topological polar surface area (TPSA) is 43.1 Å². The highest BCUT2D eigenvalue weighted by molar-refractivity contribution is 7.21. The van der Waals surface area contributed by atoms with Crippen LogP contribution in [0.1, 0.15) is 5.01 Å². The molecule has 0 fully saturated rings. The van der Waals surface area contributed by atoms with Gasteiger partial charge >= 0.3 is 0 Å². The maximum atomic E-state index is 4.60. The first kappa shape index (κ1) is 10.2. The van der Waals surface area contributed by atoms with Crippen molar-refractivity contribution in [2.24, 2.45) is 0 Å². The highest BCUT2D eigenvalue weighted by atomic mass is 32.1. The maximum absolute atomic E-state index is 4.60. The highest BCUT2D eigenvalue weighted by Crippen LogP contribution is 2.30. The van der Waals surface area contributed by atoms with Crippen molar-refractivity contribution in [3.05, 3.63) is 35.5 Å². The molecule has 18 heavy (non-hydrogen) atoms. The Labute approximate surface area is 111 Å². The molecule has 0 radical (unpaired) electrons. The third-order valence-corrected chi connectivity index (χ3v) is 4.55. The van der Waals surface area contributed by atoms with Crippen molar-refractivity contribution in [3.63, 3.8) is 0 Å². The Bertz CT molecular complexity index is 791. The van der Waals surface area contributed by atoms with Crippen molar-refractivity contribution in [2.75, 3.05) is 0 Å². The monoisotopic (exact) mass is 272 g/mol. The maximum Gasteiger partial charge on any atom is 0.212 e. The van der Waals surface area contributed by atoms with Gasteiger partial charge in [-0.15, -0.1) is 11.3 Å². The molecule has 0 unspecified atom stereocenters. The number of benzene rings is 1. The van der Waals surface area contributed by atoms with E-state index in [0.717, 1.165) is 26.2 Å². The molecule has 4 aromatic rings. The zero-order valence-electron chi connectivity index (χ0n) is 9.49. The summed E-state index contributed by atoms with van der Waals surface area (Å²) in [6.07, 6.45) is 1.94. The Morgan fingerprint density at radius 3 is 2.83 bits per heavy atom. The lowest BCUT2D eigenvalue weighted by molar-refractivity contribution is 0.946. The molecule has 0 aliphatic rings. The third kappa shape index (κ3) is 1.46. The summed E-state index contributed by atoms with van der Waals surface area (Å²) in [5.74, 6) is 0. The second-order valence-corrected chi connectivity index (χ2v) is 6.15. The summed E-state index contributed by atoms with van der Waals surface area (Å²) in [7, 11) is 0. The van der Waals surface area contributed by atoms with Crippen LogP contribution in [0.3, 0.4) is 0 Å². The molecule has 0 saturated heterocycles. The van der Waals surface area contributed by atoms with Crippen LogP contribution in [0.15, 0.2) is 30.5 Å². The summed E-state index contributed by atoms with van der Waals surface area (Å²) < 4.78 is 3.01. The van der Waals surface area contributed by atoms with Crippen molar-refractivity contribution in [3.8, 4) is 10.7 Å². The number of imidazole rings is 1. The van der Waals surface area contributed by atoms with Crippen molar-refractivity contribution in [1.82, 2.24) is 19.6 Å². The summed E-state index contributed by atoms with van der Waals surface area (Å²) in [4.78, 5) is 10.1. The summed E-state index contributed by atoms with van der Waals surface area (Å²) in [5, 5.41) is 6.33. The standard InChI is InChI=1S/C12H8N4S2/c1-7-15-16-6-9(14-12(16)17-7)11-13-8-4-2-3-5-10(8)18-11/h2-6H,1H3. The lowest BCUT2D eigenvalue weighted by Crippen LogP contribution is -1.79. The highest BCUT2D eigenvalue weighted by Gasteiger charge is 2.11. The first-order chi connectivity index (χ1) is 8.79. The number of para-hydroxylation sites is 1. The summed E-state index contributed by atoms with van der Waals surface area (Å²) in [6, 6.07) is 8.14. The summed E-state index contributed by atoms with van der Waals surface area (Å²) in [6.45, 7) is 1.98. The molecule has 4 nitrogen and oxygen atoms in total. The van der Waals surface area contributed by atoms with Crippen molar-refractivity contribution in [2.45, 2.75) is 6.92 Å². The van der Waals surface area contributed by atoms with Crippen LogP contribution in [0.5, 0.6) is 0 Å². The van der Waals surface area contributed by atoms with Crippen molar-refractivity contribution in [1.29, 1.82) is 0 Å². The summed E-state index contributed by atoms with van der Waals surface area (Å²) >= 11 is 3.26. The van der Waals surface area contributed by atoms with E-state index in [1.807, 2.05) is 35.8 Å². The van der Waals surface area contributed by atoms with Crippen LogP contribution in [0.4, 0.5) is 0 Å². The molecular formula is C12H8N4S2. The van der Waals surface area contributed by atoms with Crippen LogP contribution < -0.4 is 0 Å². The Hall–Kier alpha value is -1.79. The van der Waals surface area contributed by atoms with E-state index >= 15 is 0 Å². The van der Waals surface area contributed by atoms with E-state index in [2.05, 4.69) is 21.1 Å². The van der Waals surface area contributed by atoms with E-state index in [1.165, 1.54) is 4.70 Å². The van der Waals surface area contributed by atoms with Gasteiger partial charge in [0.25, 0.3) is 0 Å². The van der Waals surface area contributed by atoms with Crippen LogP contribution in [-0.2, 0) is 0 Å². The fraction of sp³-hybridized carbons (Fsp3) is 0.0833. The molecule has 4 rings (SSSR count). The minimum Gasteiger partial charge on any atom is -0.234 e. The van der Waals surface area contributed by atoms with E-state index in [4.69, 9.17) is 0 Å². The quantitative estimate of drug-likeness (QED) is 0.533. The molecule has 0 N–H and O–H groups in total. The number of hydrogen-bond acceptors (Lipinski definition) is 5. The van der Waals surface area contributed by atoms with Crippen LogP contribution in [0, 0.1) is 6.92 Å². The van der Waals surface area contributed by atoms with E-state index in [1.54, 1.807) is 22.7 Å². The second kappa shape index (κ2) is 3.60. The minimum atomic E-state index is 0.898. The molecule has 3 heterocycles. The van der Waals surface area contributed by atoms with Gasteiger partial charge in [0.2, 0.25) is 4.96 Å². The first-order valence-corrected chi connectivity index (χ1v) is 7.12. The molecule has 0 saturated carbocycles. The average Bonchev–Trinajstić information content (AvgIpc) is 2.98. The van der Waals surface area contributed by atoms with Crippen LogP contribution >= 0.6 is 22.7 Å². The molecule has 3 aromatic heterocycles. The largest absolute Gasteiger partial charge is 0.234 e. The number of hydrogen-bond donors (Lipinski definition) is 0. The molecule has 88 valence electrons. The Balaban J connectivity index is 1.92. The molecular weight excluding hydrogens is 264 g/mol. The zero-order chi connectivity index (χ0) is 12.1.